The minimum Gasteiger partial charge on any atom is -0.328 e. The Kier molecular flexibility index (Phi) is 2.72. The average Bonchev–Trinajstić information content (AvgIpc) is 2.13. The van der Waals surface area contributed by atoms with Crippen LogP contribution in [0.4, 0.5) is 0 Å². The number of hydrogen-bond acceptors (Lipinski definition) is 1. The summed E-state index contributed by atoms with van der Waals surface area (Å²) >= 11 is 0. The van der Waals surface area contributed by atoms with E-state index < -0.39 is 0 Å². The number of rotatable bonds is 2. The van der Waals surface area contributed by atoms with E-state index in [4.69, 9.17) is 5.73 Å². The van der Waals surface area contributed by atoms with Gasteiger partial charge >= 0.3 is 0 Å². The van der Waals surface area contributed by atoms with Crippen LogP contribution in [0.1, 0.15) is 39.5 Å². The van der Waals surface area contributed by atoms with Crippen molar-refractivity contribution in [3.63, 3.8) is 0 Å². The van der Waals surface area contributed by atoms with E-state index in [2.05, 4.69) is 13.8 Å². The standard InChI is InChI=1S/C9H19N/c1-7(2)5-8-3-4-9(10)6-8/h7-9H,3-6,10H2,1-2H3/t8-,9-/m1/s1. The molecule has 0 aromatic heterocycles. The van der Waals surface area contributed by atoms with E-state index in [0.29, 0.717) is 6.04 Å². The van der Waals surface area contributed by atoms with Crippen molar-refractivity contribution in [3.8, 4) is 0 Å². The zero-order valence-corrected chi connectivity index (χ0v) is 7.14. The van der Waals surface area contributed by atoms with Gasteiger partial charge < -0.3 is 5.73 Å². The van der Waals surface area contributed by atoms with E-state index in [1.165, 1.54) is 25.7 Å². The maximum atomic E-state index is 5.80. The molecule has 1 rings (SSSR count). The molecular formula is C9H19N. The normalized spacial score (nSPS) is 33.6. The first kappa shape index (κ1) is 8.06. The molecule has 1 fully saturated rings. The summed E-state index contributed by atoms with van der Waals surface area (Å²) in [5, 5.41) is 0. The number of hydrogen-bond donors (Lipinski definition) is 1. The van der Waals surface area contributed by atoms with Gasteiger partial charge in [0.2, 0.25) is 0 Å². The molecular weight excluding hydrogens is 122 g/mol. The van der Waals surface area contributed by atoms with E-state index in [0.717, 1.165) is 11.8 Å². The second-order valence-corrected chi connectivity index (χ2v) is 4.07. The Labute approximate surface area is 64.0 Å². The van der Waals surface area contributed by atoms with Crippen molar-refractivity contribution in [2.24, 2.45) is 17.6 Å². The third-order valence-corrected chi connectivity index (χ3v) is 2.39. The fraction of sp³-hybridized carbons (Fsp3) is 1.00. The lowest BCUT2D eigenvalue weighted by Gasteiger charge is -2.11. The van der Waals surface area contributed by atoms with Crippen LogP contribution in [0.25, 0.3) is 0 Å². The molecule has 0 spiro atoms. The van der Waals surface area contributed by atoms with Crippen molar-refractivity contribution in [1.82, 2.24) is 0 Å². The molecule has 0 aliphatic heterocycles. The van der Waals surface area contributed by atoms with Crippen molar-refractivity contribution in [1.29, 1.82) is 0 Å². The Hall–Kier alpha value is -0.0400. The molecule has 0 amide bonds. The summed E-state index contributed by atoms with van der Waals surface area (Å²) in [4.78, 5) is 0. The van der Waals surface area contributed by atoms with Crippen molar-refractivity contribution in [2.45, 2.75) is 45.6 Å². The van der Waals surface area contributed by atoms with Gasteiger partial charge in [-0.25, -0.2) is 0 Å². The average molecular weight is 141 g/mol. The summed E-state index contributed by atoms with van der Waals surface area (Å²) in [5.41, 5.74) is 5.80. The highest BCUT2D eigenvalue weighted by Crippen LogP contribution is 2.29. The van der Waals surface area contributed by atoms with Crippen molar-refractivity contribution >= 4 is 0 Å². The molecule has 1 heteroatoms. The van der Waals surface area contributed by atoms with E-state index in [1.54, 1.807) is 0 Å². The van der Waals surface area contributed by atoms with Crippen LogP contribution >= 0.6 is 0 Å². The predicted molar refractivity (Wildman–Crippen MR) is 44.8 cm³/mol. The van der Waals surface area contributed by atoms with Gasteiger partial charge in [0.1, 0.15) is 0 Å². The van der Waals surface area contributed by atoms with Crippen LogP contribution in [0.15, 0.2) is 0 Å². The minimum absolute atomic E-state index is 0.517. The van der Waals surface area contributed by atoms with Crippen LogP contribution in [-0.2, 0) is 0 Å². The van der Waals surface area contributed by atoms with Gasteiger partial charge in [-0.05, 0) is 37.5 Å². The molecule has 60 valence electrons. The smallest absolute Gasteiger partial charge is 0.00415 e. The van der Waals surface area contributed by atoms with Gasteiger partial charge in [0.05, 0.1) is 0 Å². The molecule has 0 heterocycles. The molecule has 1 aliphatic rings. The first-order chi connectivity index (χ1) is 4.68. The SMILES string of the molecule is CC(C)C[C@H]1CC[C@@H](N)C1. The predicted octanol–water partition coefficient (Wildman–Crippen LogP) is 2.16. The Morgan fingerprint density at radius 1 is 1.40 bits per heavy atom. The zero-order chi connectivity index (χ0) is 7.56. The minimum atomic E-state index is 0.517. The molecule has 0 aromatic carbocycles. The van der Waals surface area contributed by atoms with E-state index in [9.17, 15) is 0 Å². The molecule has 1 saturated carbocycles. The zero-order valence-electron chi connectivity index (χ0n) is 7.14. The first-order valence-corrected chi connectivity index (χ1v) is 4.44. The second kappa shape index (κ2) is 3.38. The summed E-state index contributed by atoms with van der Waals surface area (Å²) in [6, 6.07) is 0.517. The Balaban J connectivity index is 2.18. The maximum absolute atomic E-state index is 5.80. The van der Waals surface area contributed by atoms with Gasteiger partial charge in [-0.1, -0.05) is 13.8 Å². The largest absolute Gasteiger partial charge is 0.328 e. The number of nitrogens with two attached hydrogens (primary N) is 1. The molecule has 0 bridgehead atoms. The van der Waals surface area contributed by atoms with Crippen molar-refractivity contribution < 1.29 is 0 Å². The summed E-state index contributed by atoms with van der Waals surface area (Å²) < 4.78 is 0. The molecule has 2 N–H and O–H groups in total. The van der Waals surface area contributed by atoms with Gasteiger partial charge in [-0.3, -0.25) is 0 Å². The maximum Gasteiger partial charge on any atom is 0.00415 e. The van der Waals surface area contributed by atoms with Gasteiger partial charge in [-0.2, -0.15) is 0 Å². The monoisotopic (exact) mass is 141 g/mol. The lowest BCUT2D eigenvalue weighted by atomic mass is 9.96. The fourth-order valence-electron chi connectivity index (χ4n) is 1.99. The summed E-state index contributed by atoms with van der Waals surface area (Å²) in [6.45, 7) is 4.59. The molecule has 0 saturated heterocycles. The molecule has 0 radical (unpaired) electrons. The lowest BCUT2D eigenvalue weighted by Crippen LogP contribution is -2.15. The summed E-state index contributed by atoms with van der Waals surface area (Å²) in [7, 11) is 0. The van der Waals surface area contributed by atoms with Gasteiger partial charge in [-0.15, -0.1) is 0 Å². The molecule has 1 nitrogen and oxygen atoms in total. The van der Waals surface area contributed by atoms with Crippen LogP contribution in [0.3, 0.4) is 0 Å². The van der Waals surface area contributed by atoms with Crippen LogP contribution in [0.2, 0.25) is 0 Å². The molecule has 0 unspecified atom stereocenters. The van der Waals surface area contributed by atoms with Gasteiger partial charge in [0.15, 0.2) is 0 Å². The van der Waals surface area contributed by atoms with Crippen LogP contribution < -0.4 is 5.73 Å². The molecule has 2 atom stereocenters. The lowest BCUT2D eigenvalue weighted by molar-refractivity contribution is 0.415. The van der Waals surface area contributed by atoms with Crippen LogP contribution in [0.5, 0.6) is 0 Å². The first-order valence-electron chi connectivity index (χ1n) is 4.44. The van der Waals surface area contributed by atoms with Crippen LogP contribution in [-0.4, -0.2) is 6.04 Å². The highest BCUT2D eigenvalue weighted by Gasteiger charge is 2.21. The van der Waals surface area contributed by atoms with E-state index in [-0.39, 0.29) is 0 Å². The van der Waals surface area contributed by atoms with Gasteiger partial charge in [0.25, 0.3) is 0 Å². The topological polar surface area (TPSA) is 26.0 Å². The quantitative estimate of drug-likeness (QED) is 0.626. The molecule has 0 aromatic rings. The van der Waals surface area contributed by atoms with E-state index >= 15 is 0 Å². The third kappa shape index (κ3) is 2.30. The van der Waals surface area contributed by atoms with Gasteiger partial charge in [0, 0.05) is 6.04 Å². The molecule has 1 aliphatic carbocycles. The Morgan fingerprint density at radius 3 is 2.50 bits per heavy atom. The third-order valence-electron chi connectivity index (χ3n) is 2.39. The van der Waals surface area contributed by atoms with E-state index in [1.807, 2.05) is 0 Å². The van der Waals surface area contributed by atoms with Crippen molar-refractivity contribution in [3.05, 3.63) is 0 Å². The highest BCUT2D eigenvalue weighted by atomic mass is 14.6. The molecule has 10 heavy (non-hydrogen) atoms. The Morgan fingerprint density at radius 2 is 2.10 bits per heavy atom. The fourth-order valence-corrected chi connectivity index (χ4v) is 1.99. The second-order valence-electron chi connectivity index (χ2n) is 4.07. The summed E-state index contributed by atoms with van der Waals surface area (Å²) in [6.07, 6.45) is 5.29. The Bertz CT molecular complexity index is 98.9. The van der Waals surface area contributed by atoms with Crippen molar-refractivity contribution in [2.75, 3.05) is 0 Å². The summed E-state index contributed by atoms with van der Waals surface area (Å²) in [5.74, 6) is 1.80. The van der Waals surface area contributed by atoms with Crippen LogP contribution in [0, 0.1) is 11.8 Å². The highest BCUT2D eigenvalue weighted by molar-refractivity contribution is 4.78.